The lowest BCUT2D eigenvalue weighted by atomic mass is 9.80. The number of thioether (sulfide) groups is 1. The van der Waals surface area contributed by atoms with Crippen LogP contribution in [0.3, 0.4) is 0 Å². The lowest BCUT2D eigenvalue weighted by molar-refractivity contribution is 0.341. The normalized spacial score (nSPS) is 24.1. The van der Waals surface area contributed by atoms with Gasteiger partial charge in [-0.2, -0.15) is 5.26 Å². The fourth-order valence-corrected chi connectivity index (χ4v) is 5.27. The molecular formula is C21H21FN4S. The van der Waals surface area contributed by atoms with Crippen molar-refractivity contribution in [3.8, 4) is 6.07 Å². The van der Waals surface area contributed by atoms with Crippen molar-refractivity contribution in [2.24, 2.45) is 16.6 Å². The predicted molar refractivity (Wildman–Crippen MR) is 106 cm³/mol. The van der Waals surface area contributed by atoms with Gasteiger partial charge in [-0.1, -0.05) is 30.3 Å². The number of rotatable bonds is 4. The summed E-state index contributed by atoms with van der Waals surface area (Å²) in [6, 6.07) is 11.1. The Morgan fingerprint density at radius 3 is 2.96 bits per heavy atom. The average Bonchev–Trinajstić information content (AvgIpc) is 3.11. The number of fused-ring (bicyclic) bond motifs is 1. The number of benzene rings is 1. The Hall–Kier alpha value is -2.39. The molecule has 4 rings (SSSR count). The Morgan fingerprint density at radius 1 is 1.30 bits per heavy atom. The van der Waals surface area contributed by atoms with Crippen molar-refractivity contribution < 1.29 is 4.39 Å². The van der Waals surface area contributed by atoms with Crippen LogP contribution in [0.5, 0.6) is 0 Å². The first kappa shape index (κ1) is 18.0. The summed E-state index contributed by atoms with van der Waals surface area (Å²) in [5.41, 5.74) is 8.77. The summed E-state index contributed by atoms with van der Waals surface area (Å²) in [6.45, 7) is 0. The number of pyridine rings is 1. The molecule has 2 heterocycles. The van der Waals surface area contributed by atoms with E-state index in [1.165, 1.54) is 0 Å². The van der Waals surface area contributed by atoms with Crippen LogP contribution >= 0.6 is 11.8 Å². The standard InChI is InChI=1S/C21H21FN4S/c22-19-8-5-14(3-6-17-7-4-15(11-23)12-25-17)10-18(19)21-9-1-2-16(21)13-27-20(24)26-21/h4-5,7-8,10,12,16H,1-3,6,9,13H2,(H2,24,26)/t16-,21-/m0/s1. The van der Waals surface area contributed by atoms with Gasteiger partial charge in [-0.05, 0) is 55.4 Å². The minimum Gasteiger partial charge on any atom is -0.379 e. The largest absolute Gasteiger partial charge is 0.379 e. The maximum Gasteiger partial charge on any atom is 0.154 e. The van der Waals surface area contributed by atoms with E-state index in [-0.39, 0.29) is 5.82 Å². The van der Waals surface area contributed by atoms with Crippen molar-refractivity contribution in [1.82, 2.24) is 4.98 Å². The summed E-state index contributed by atoms with van der Waals surface area (Å²) >= 11 is 1.58. The van der Waals surface area contributed by atoms with Crippen LogP contribution in [-0.4, -0.2) is 15.9 Å². The Bertz CT molecular complexity index is 919. The molecule has 27 heavy (non-hydrogen) atoms. The number of hydrogen-bond acceptors (Lipinski definition) is 5. The maximum atomic E-state index is 14.8. The van der Waals surface area contributed by atoms with Crippen LogP contribution in [0.25, 0.3) is 0 Å². The first-order chi connectivity index (χ1) is 13.1. The van der Waals surface area contributed by atoms with E-state index in [1.54, 1.807) is 30.1 Å². The number of amidine groups is 1. The van der Waals surface area contributed by atoms with Crippen LogP contribution in [-0.2, 0) is 18.4 Å². The van der Waals surface area contributed by atoms with Gasteiger partial charge in [-0.25, -0.2) is 4.39 Å². The Kier molecular flexibility index (Phi) is 4.88. The highest BCUT2D eigenvalue weighted by Crippen LogP contribution is 2.51. The van der Waals surface area contributed by atoms with Gasteiger partial charge < -0.3 is 5.73 Å². The highest BCUT2D eigenvalue weighted by atomic mass is 32.2. The summed E-state index contributed by atoms with van der Waals surface area (Å²) < 4.78 is 14.8. The van der Waals surface area contributed by atoms with E-state index >= 15 is 0 Å². The van der Waals surface area contributed by atoms with E-state index in [4.69, 9.17) is 16.0 Å². The van der Waals surface area contributed by atoms with Gasteiger partial charge >= 0.3 is 0 Å². The molecule has 4 nitrogen and oxygen atoms in total. The molecule has 6 heteroatoms. The van der Waals surface area contributed by atoms with E-state index in [2.05, 4.69) is 11.1 Å². The van der Waals surface area contributed by atoms with E-state index in [1.807, 2.05) is 18.2 Å². The first-order valence-electron chi connectivity index (χ1n) is 9.23. The highest BCUT2D eigenvalue weighted by Gasteiger charge is 2.47. The second-order valence-electron chi connectivity index (χ2n) is 7.24. The van der Waals surface area contributed by atoms with Gasteiger partial charge in [0.1, 0.15) is 11.9 Å². The zero-order valence-electron chi connectivity index (χ0n) is 15.0. The van der Waals surface area contributed by atoms with Gasteiger partial charge in [0.15, 0.2) is 5.17 Å². The van der Waals surface area contributed by atoms with Crippen LogP contribution < -0.4 is 5.73 Å². The smallest absolute Gasteiger partial charge is 0.154 e. The molecule has 138 valence electrons. The second-order valence-corrected chi connectivity index (χ2v) is 8.28. The minimum atomic E-state index is -0.498. The van der Waals surface area contributed by atoms with Crippen molar-refractivity contribution in [2.75, 3.05) is 5.75 Å². The number of aromatic nitrogens is 1. The lowest BCUT2D eigenvalue weighted by Crippen LogP contribution is -2.37. The number of nitrogens with two attached hydrogens (primary N) is 1. The third-order valence-corrected chi connectivity index (χ3v) is 6.60. The Morgan fingerprint density at radius 2 is 2.19 bits per heavy atom. The molecule has 1 aromatic heterocycles. The molecule has 0 amide bonds. The Balaban J connectivity index is 1.60. The summed E-state index contributed by atoms with van der Waals surface area (Å²) in [5.74, 6) is 1.07. The second kappa shape index (κ2) is 7.32. The zero-order valence-corrected chi connectivity index (χ0v) is 15.8. The van der Waals surface area contributed by atoms with Crippen molar-refractivity contribution in [2.45, 2.75) is 37.6 Å². The lowest BCUT2D eigenvalue weighted by Gasteiger charge is -2.36. The molecule has 1 aliphatic carbocycles. The van der Waals surface area contributed by atoms with Crippen molar-refractivity contribution in [3.63, 3.8) is 0 Å². The van der Waals surface area contributed by atoms with Gasteiger partial charge in [0.05, 0.1) is 11.1 Å². The van der Waals surface area contributed by atoms with E-state index < -0.39 is 5.54 Å². The van der Waals surface area contributed by atoms with Gasteiger partial charge in [0.25, 0.3) is 0 Å². The van der Waals surface area contributed by atoms with Crippen molar-refractivity contribution >= 4 is 16.9 Å². The third kappa shape index (κ3) is 3.44. The summed E-state index contributed by atoms with van der Waals surface area (Å²) in [7, 11) is 0. The molecule has 1 fully saturated rings. The summed E-state index contributed by atoms with van der Waals surface area (Å²) in [4.78, 5) is 9.08. The summed E-state index contributed by atoms with van der Waals surface area (Å²) in [6.07, 6.45) is 6.08. The van der Waals surface area contributed by atoms with Crippen molar-refractivity contribution in [3.05, 3.63) is 64.7 Å². The fraction of sp³-hybridized carbons (Fsp3) is 0.381. The number of aliphatic imine (C=N–C) groups is 1. The van der Waals surface area contributed by atoms with Gasteiger partial charge in [-0.3, -0.25) is 9.98 Å². The first-order valence-corrected chi connectivity index (χ1v) is 10.2. The predicted octanol–water partition coefficient (Wildman–Crippen LogP) is 3.93. The monoisotopic (exact) mass is 380 g/mol. The molecule has 0 unspecified atom stereocenters. The maximum absolute atomic E-state index is 14.8. The third-order valence-electron chi connectivity index (χ3n) is 5.65. The molecule has 2 aliphatic rings. The number of aryl methyl sites for hydroxylation is 2. The van der Waals surface area contributed by atoms with Crippen LogP contribution in [0.1, 0.15) is 41.6 Å². The molecule has 0 spiro atoms. The van der Waals surface area contributed by atoms with E-state index in [9.17, 15) is 4.39 Å². The van der Waals surface area contributed by atoms with Crippen LogP contribution in [0.2, 0.25) is 0 Å². The molecule has 2 N–H and O–H groups in total. The molecule has 1 saturated carbocycles. The van der Waals surface area contributed by atoms with Gasteiger partial charge in [0, 0.05) is 23.2 Å². The SMILES string of the molecule is N#Cc1ccc(CCc2ccc(F)c([C@]34CCC[C@H]3CSC(N)=N4)c2)nc1. The molecular weight excluding hydrogens is 359 g/mol. The van der Waals surface area contributed by atoms with Gasteiger partial charge in [-0.15, -0.1) is 0 Å². The number of nitriles is 1. The molecule has 1 aliphatic heterocycles. The molecule has 0 saturated heterocycles. The number of hydrogen-bond donors (Lipinski definition) is 1. The molecule has 1 aromatic carbocycles. The summed E-state index contributed by atoms with van der Waals surface area (Å²) in [5, 5.41) is 9.43. The minimum absolute atomic E-state index is 0.189. The topological polar surface area (TPSA) is 75.1 Å². The number of halogens is 1. The average molecular weight is 380 g/mol. The number of nitrogens with zero attached hydrogens (tertiary/aromatic N) is 3. The Labute approximate surface area is 162 Å². The van der Waals surface area contributed by atoms with Crippen molar-refractivity contribution in [1.29, 1.82) is 5.26 Å². The highest BCUT2D eigenvalue weighted by molar-refractivity contribution is 8.13. The zero-order chi connectivity index (χ0) is 18.9. The van der Waals surface area contributed by atoms with Crippen LogP contribution in [0, 0.1) is 23.1 Å². The fourth-order valence-electron chi connectivity index (χ4n) is 4.23. The van der Waals surface area contributed by atoms with Crippen LogP contribution in [0.15, 0.2) is 41.5 Å². The quantitative estimate of drug-likeness (QED) is 0.872. The van der Waals surface area contributed by atoms with E-state index in [0.29, 0.717) is 22.2 Å². The van der Waals surface area contributed by atoms with E-state index in [0.717, 1.165) is 49.1 Å². The molecule has 2 atom stereocenters. The molecule has 0 radical (unpaired) electrons. The molecule has 2 aromatic rings. The van der Waals surface area contributed by atoms with Gasteiger partial charge in [0.2, 0.25) is 0 Å². The van der Waals surface area contributed by atoms with Crippen LogP contribution in [0.4, 0.5) is 4.39 Å². The molecule has 0 bridgehead atoms.